The number of fused-ring (bicyclic) bond motifs is 1. The van der Waals surface area contributed by atoms with Gasteiger partial charge in [0.25, 0.3) is 0 Å². The van der Waals surface area contributed by atoms with Crippen LogP contribution in [0.2, 0.25) is 10.0 Å². The largest absolute Gasteiger partial charge is 0.398 e. The molecule has 0 fully saturated rings. The number of H-pyrrole nitrogens is 1. The number of aromatic amines is 1. The van der Waals surface area contributed by atoms with Gasteiger partial charge in [-0.15, -0.1) is 0 Å². The minimum Gasteiger partial charge on any atom is -0.398 e. The smallest absolute Gasteiger partial charge is 0.244 e. The molecule has 4 rings (SSSR count). The van der Waals surface area contributed by atoms with E-state index in [9.17, 15) is 8.42 Å². The lowest BCUT2D eigenvalue weighted by molar-refractivity contribution is 0.577. The monoisotopic (exact) mass is 487 g/mol. The molecule has 0 aliphatic carbocycles. The summed E-state index contributed by atoms with van der Waals surface area (Å²) in [5.41, 5.74) is 10.5. The molecule has 0 atom stereocenters. The fraction of sp³-hybridized carbons (Fsp3) is 0.167. The summed E-state index contributed by atoms with van der Waals surface area (Å²) < 4.78 is 27.7. The lowest BCUT2D eigenvalue weighted by atomic mass is 10.0. The van der Waals surface area contributed by atoms with Gasteiger partial charge in [0.15, 0.2) is 0 Å². The Labute approximate surface area is 197 Å². The number of nitrogen functional groups attached to an aromatic ring is 1. The van der Waals surface area contributed by atoms with Crippen molar-refractivity contribution < 1.29 is 8.42 Å². The highest BCUT2D eigenvalue weighted by Crippen LogP contribution is 2.31. The Morgan fingerprint density at radius 2 is 1.75 bits per heavy atom. The maximum absolute atomic E-state index is 12.6. The van der Waals surface area contributed by atoms with Gasteiger partial charge in [0.2, 0.25) is 10.0 Å². The van der Waals surface area contributed by atoms with Crippen LogP contribution < -0.4 is 10.5 Å². The molecule has 0 unspecified atom stereocenters. The number of nitrogens with two attached hydrogens (primary N) is 1. The fourth-order valence-corrected chi connectivity index (χ4v) is 5.83. The molecule has 0 aliphatic heterocycles. The SMILES string of the molecule is Nc1cc(Cl)cc(Cl)c1S(=O)(=O)NCCCCc1ccc2[nH]cc(-c3ccccc3)c2c1. The summed E-state index contributed by atoms with van der Waals surface area (Å²) in [7, 11) is -3.81. The van der Waals surface area contributed by atoms with Gasteiger partial charge in [-0.25, -0.2) is 13.1 Å². The quantitative estimate of drug-likeness (QED) is 0.209. The van der Waals surface area contributed by atoms with E-state index in [1.807, 2.05) is 24.4 Å². The van der Waals surface area contributed by atoms with Gasteiger partial charge in [0.05, 0.1) is 10.7 Å². The number of halogens is 2. The van der Waals surface area contributed by atoms with E-state index in [1.54, 1.807) is 0 Å². The normalized spacial score (nSPS) is 11.8. The van der Waals surface area contributed by atoms with Gasteiger partial charge >= 0.3 is 0 Å². The van der Waals surface area contributed by atoms with E-state index in [0.29, 0.717) is 18.0 Å². The maximum atomic E-state index is 12.6. The van der Waals surface area contributed by atoms with Crippen LogP contribution in [0.5, 0.6) is 0 Å². The van der Waals surface area contributed by atoms with Crippen LogP contribution in [-0.2, 0) is 16.4 Å². The number of anilines is 1. The van der Waals surface area contributed by atoms with Crippen LogP contribution in [0, 0.1) is 0 Å². The van der Waals surface area contributed by atoms with Gasteiger partial charge in [0, 0.05) is 34.2 Å². The highest BCUT2D eigenvalue weighted by atomic mass is 35.5. The fourth-order valence-electron chi connectivity index (χ4n) is 3.78. The van der Waals surface area contributed by atoms with Crippen molar-refractivity contribution in [3.8, 4) is 11.1 Å². The summed E-state index contributed by atoms with van der Waals surface area (Å²) in [5.74, 6) is 0. The van der Waals surface area contributed by atoms with Gasteiger partial charge in [0.1, 0.15) is 4.90 Å². The van der Waals surface area contributed by atoms with Crippen molar-refractivity contribution in [3.05, 3.63) is 82.5 Å². The standard InChI is InChI=1S/C24H23Cl2N3O2S/c25-18-13-21(26)24(22(27)14-18)32(30,31)29-11-5-4-6-16-9-10-23-19(12-16)20(15-28-23)17-7-2-1-3-8-17/h1-3,7-10,12-15,28-29H,4-6,11,27H2. The van der Waals surface area contributed by atoms with E-state index >= 15 is 0 Å². The predicted octanol–water partition coefficient (Wildman–Crippen LogP) is 6.03. The second-order valence-electron chi connectivity index (χ2n) is 7.61. The predicted molar refractivity (Wildman–Crippen MR) is 133 cm³/mol. The molecule has 4 N–H and O–H groups in total. The summed E-state index contributed by atoms with van der Waals surface area (Å²) in [5, 5.41) is 1.49. The van der Waals surface area contributed by atoms with E-state index in [1.165, 1.54) is 34.2 Å². The second-order valence-corrected chi connectivity index (χ2v) is 10.2. The Morgan fingerprint density at radius 3 is 2.50 bits per heavy atom. The number of unbranched alkanes of at least 4 members (excludes halogenated alkanes) is 1. The number of rotatable bonds is 8. The van der Waals surface area contributed by atoms with Gasteiger partial charge in [-0.2, -0.15) is 0 Å². The van der Waals surface area contributed by atoms with E-state index in [-0.39, 0.29) is 15.6 Å². The van der Waals surface area contributed by atoms with E-state index < -0.39 is 10.0 Å². The Hall–Kier alpha value is -2.51. The molecule has 0 amide bonds. The molecule has 0 bridgehead atoms. The molecule has 0 saturated heterocycles. The molecule has 3 aromatic carbocycles. The summed E-state index contributed by atoms with van der Waals surface area (Å²) in [6, 6.07) is 19.4. The van der Waals surface area contributed by atoms with Gasteiger partial charge in [-0.05, 0) is 54.7 Å². The van der Waals surface area contributed by atoms with Crippen LogP contribution in [0.3, 0.4) is 0 Å². The van der Waals surface area contributed by atoms with Crippen LogP contribution in [0.15, 0.2) is 71.8 Å². The third-order valence-corrected chi connectivity index (χ3v) is 7.53. The molecular weight excluding hydrogens is 465 g/mol. The van der Waals surface area contributed by atoms with Crippen LogP contribution in [0.25, 0.3) is 22.0 Å². The third-order valence-electron chi connectivity index (χ3n) is 5.32. The highest BCUT2D eigenvalue weighted by molar-refractivity contribution is 7.89. The molecule has 4 aromatic rings. The van der Waals surface area contributed by atoms with Crippen molar-refractivity contribution in [2.24, 2.45) is 0 Å². The molecule has 1 heterocycles. The summed E-state index contributed by atoms with van der Waals surface area (Å²) in [6.07, 6.45) is 4.40. The van der Waals surface area contributed by atoms with Gasteiger partial charge < -0.3 is 10.7 Å². The summed E-state index contributed by atoms with van der Waals surface area (Å²) in [4.78, 5) is 3.20. The van der Waals surface area contributed by atoms with Crippen molar-refractivity contribution in [1.82, 2.24) is 9.71 Å². The average Bonchev–Trinajstić information content (AvgIpc) is 3.16. The number of benzene rings is 3. The molecule has 0 saturated carbocycles. The number of sulfonamides is 1. The first-order valence-electron chi connectivity index (χ1n) is 10.2. The Balaban J connectivity index is 1.37. The molecule has 166 valence electrons. The second kappa shape index (κ2) is 9.55. The number of aryl methyl sites for hydroxylation is 1. The van der Waals surface area contributed by atoms with Crippen LogP contribution >= 0.6 is 23.2 Å². The van der Waals surface area contributed by atoms with E-state index in [4.69, 9.17) is 28.9 Å². The van der Waals surface area contributed by atoms with E-state index in [2.05, 4.69) is 40.0 Å². The highest BCUT2D eigenvalue weighted by Gasteiger charge is 2.21. The first-order valence-corrected chi connectivity index (χ1v) is 12.5. The van der Waals surface area contributed by atoms with Crippen molar-refractivity contribution >= 4 is 49.8 Å². The molecule has 8 heteroatoms. The third kappa shape index (κ3) is 4.94. The van der Waals surface area contributed by atoms with E-state index in [0.717, 1.165) is 18.4 Å². The topological polar surface area (TPSA) is 88.0 Å². The van der Waals surface area contributed by atoms with Crippen LogP contribution in [-0.4, -0.2) is 19.9 Å². The summed E-state index contributed by atoms with van der Waals surface area (Å²) in [6.45, 7) is 0.294. The minimum atomic E-state index is -3.81. The number of hydrogen-bond donors (Lipinski definition) is 3. The molecule has 0 spiro atoms. The number of hydrogen-bond acceptors (Lipinski definition) is 3. The van der Waals surface area contributed by atoms with Crippen molar-refractivity contribution in [2.45, 2.75) is 24.2 Å². The minimum absolute atomic E-state index is 0.0107. The van der Waals surface area contributed by atoms with Gasteiger partial charge in [-0.3, -0.25) is 0 Å². The molecule has 0 radical (unpaired) electrons. The molecule has 5 nitrogen and oxygen atoms in total. The lowest BCUT2D eigenvalue weighted by Crippen LogP contribution is -2.26. The van der Waals surface area contributed by atoms with Crippen molar-refractivity contribution in [1.29, 1.82) is 0 Å². The van der Waals surface area contributed by atoms with Crippen LogP contribution in [0.1, 0.15) is 18.4 Å². The molecule has 1 aromatic heterocycles. The number of nitrogens with one attached hydrogen (secondary N) is 2. The molecular formula is C24H23Cl2N3O2S. The zero-order valence-electron chi connectivity index (χ0n) is 17.2. The molecule has 32 heavy (non-hydrogen) atoms. The number of aromatic nitrogens is 1. The van der Waals surface area contributed by atoms with Crippen molar-refractivity contribution in [3.63, 3.8) is 0 Å². The van der Waals surface area contributed by atoms with Crippen molar-refractivity contribution in [2.75, 3.05) is 12.3 Å². The first-order chi connectivity index (χ1) is 15.3. The summed E-state index contributed by atoms with van der Waals surface area (Å²) >= 11 is 11.9. The lowest BCUT2D eigenvalue weighted by Gasteiger charge is -2.11. The molecule has 0 aliphatic rings. The Kier molecular flexibility index (Phi) is 6.76. The Bertz CT molecular complexity index is 1330. The Morgan fingerprint density at radius 1 is 0.969 bits per heavy atom. The zero-order valence-corrected chi connectivity index (χ0v) is 19.6. The van der Waals surface area contributed by atoms with Crippen LogP contribution in [0.4, 0.5) is 5.69 Å². The maximum Gasteiger partial charge on any atom is 0.244 e. The zero-order chi connectivity index (χ0) is 22.7. The van der Waals surface area contributed by atoms with Gasteiger partial charge in [-0.1, -0.05) is 59.6 Å². The first kappa shape index (κ1) is 22.7. The average molecular weight is 488 g/mol.